The number of nitrogens with two attached hydrogens (primary N) is 1. The molecule has 1 unspecified atom stereocenters. The number of hydrogen-bond acceptors (Lipinski definition) is 5. The number of nitrogens with one attached hydrogen (secondary N) is 1. The van der Waals surface area contributed by atoms with E-state index in [0.29, 0.717) is 24.5 Å². The quantitative estimate of drug-likeness (QED) is 0.841. The minimum Gasteiger partial charge on any atom is -0.484 e. The molecule has 0 bridgehead atoms. The third-order valence-electron chi connectivity index (χ3n) is 4.86. The van der Waals surface area contributed by atoms with Crippen molar-refractivity contribution < 1.29 is 18.7 Å². The van der Waals surface area contributed by atoms with Crippen LogP contribution in [0.4, 0.5) is 5.69 Å². The van der Waals surface area contributed by atoms with Gasteiger partial charge in [-0.2, -0.15) is 0 Å². The van der Waals surface area contributed by atoms with E-state index in [0.717, 1.165) is 6.42 Å². The summed E-state index contributed by atoms with van der Waals surface area (Å²) in [6, 6.07) is 10.2. The van der Waals surface area contributed by atoms with Gasteiger partial charge in [0.2, 0.25) is 0 Å². The number of carbonyl (C=O) groups excluding carboxylic acids is 2. The normalized spacial score (nSPS) is 18.8. The van der Waals surface area contributed by atoms with Crippen molar-refractivity contribution in [3.05, 3.63) is 48.4 Å². The van der Waals surface area contributed by atoms with Crippen molar-refractivity contribution in [3.63, 3.8) is 0 Å². The monoisotopic (exact) mass is 371 g/mol. The number of rotatable bonds is 5. The number of anilines is 1. The largest absolute Gasteiger partial charge is 0.484 e. The molecule has 144 valence electrons. The van der Waals surface area contributed by atoms with E-state index in [1.807, 2.05) is 0 Å². The van der Waals surface area contributed by atoms with E-state index in [-0.39, 0.29) is 35.6 Å². The fraction of sp³-hybridized carbons (Fsp3) is 0.400. The van der Waals surface area contributed by atoms with Crippen LogP contribution < -0.4 is 15.8 Å². The van der Waals surface area contributed by atoms with Crippen LogP contribution in [0.25, 0.3) is 0 Å². The van der Waals surface area contributed by atoms with Crippen molar-refractivity contribution in [2.75, 3.05) is 25.0 Å². The molecule has 1 aromatic heterocycles. The van der Waals surface area contributed by atoms with Gasteiger partial charge in [0.25, 0.3) is 11.8 Å². The molecule has 0 spiro atoms. The molecule has 2 aromatic rings. The fourth-order valence-corrected chi connectivity index (χ4v) is 3.09. The number of furan rings is 1. The number of nitrogens with zero attached hydrogens (tertiary/aromatic N) is 1. The second-order valence-electron chi connectivity index (χ2n) is 7.45. The standard InChI is InChI=1S/C20H25N3O4/c1-20(2)13-23(9-8-17(20)21)18(24)12-27-15-6-3-5-14(11-15)22-19(25)16-7-4-10-26-16/h3-7,10-11,17H,8-9,12-13,21H2,1-2H3,(H,22,25). The first-order valence-electron chi connectivity index (χ1n) is 8.96. The second-order valence-corrected chi connectivity index (χ2v) is 7.45. The molecule has 0 saturated carbocycles. The van der Waals surface area contributed by atoms with Crippen LogP contribution in [0.3, 0.4) is 0 Å². The molecule has 1 aliphatic rings. The van der Waals surface area contributed by atoms with Gasteiger partial charge in [-0.05, 0) is 36.1 Å². The van der Waals surface area contributed by atoms with Gasteiger partial charge in [-0.3, -0.25) is 9.59 Å². The van der Waals surface area contributed by atoms with Gasteiger partial charge in [0.1, 0.15) is 5.75 Å². The molecule has 1 aromatic carbocycles. The number of likely N-dealkylation sites (tertiary alicyclic amines) is 1. The number of hydrogen-bond donors (Lipinski definition) is 2. The van der Waals surface area contributed by atoms with Crippen LogP contribution in [-0.4, -0.2) is 42.5 Å². The predicted octanol–water partition coefficient (Wildman–Crippen LogP) is 2.50. The zero-order valence-electron chi connectivity index (χ0n) is 15.6. The van der Waals surface area contributed by atoms with Gasteiger partial charge in [-0.1, -0.05) is 19.9 Å². The maximum atomic E-state index is 12.5. The van der Waals surface area contributed by atoms with Crippen molar-refractivity contribution in [3.8, 4) is 5.75 Å². The molecule has 1 atom stereocenters. The molecule has 27 heavy (non-hydrogen) atoms. The Kier molecular flexibility index (Phi) is 5.51. The first-order valence-corrected chi connectivity index (χ1v) is 8.96. The lowest BCUT2D eigenvalue weighted by Crippen LogP contribution is -2.54. The molecule has 3 N–H and O–H groups in total. The van der Waals surface area contributed by atoms with Crippen LogP contribution in [-0.2, 0) is 4.79 Å². The zero-order valence-corrected chi connectivity index (χ0v) is 15.6. The summed E-state index contributed by atoms with van der Waals surface area (Å²) in [7, 11) is 0. The van der Waals surface area contributed by atoms with Crippen molar-refractivity contribution >= 4 is 17.5 Å². The third kappa shape index (κ3) is 4.68. The first-order chi connectivity index (χ1) is 12.8. The molecule has 1 aliphatic heterocycles. The molecule has 7 heteroatoms. The lowest BCUT2D eigenvalue weighted by atomic mass is 9.80. The van der Waals surface area contributed by atoms with E-state index in [1.54, 1.807) is 41.3 Å². The summed E-state index contributed by atoms with van der Waals surface area (Å²) in [5.74, 6) is 0.316. The van der Waals surface area contributed by atoms with Crippen LogP contribution in [0.15, 0.2) is 47.1 Å². The molecule has 2 amide bonds. The van der Waals surface area contributed by atoms with Gasteiger partial charge in [0, 0.05) is 30.9 Å². The minimum absolute atomic E-state index is 0.0547. The summed E-state index contributed by atoms with van der Waals surface area (Å²) in [6.07, 6.45) is 2.22. The molecule has 7 nitrogen and oxygen atoms in total. The Labute approximate surface area is 158 Å². The Hall–Kier alpha value is -2.80. The van der Waals surface area contributed by atoms with E-state index in [9.17, 15) is 9.59 Å². The average Bonchev–Trinajstić information content (AvgIpc) is 3.17. The second kappa shape index (κ2) is 7.84. The van der Waals surface area contributed by atoms with Crippen LogP contribution in [0, 0.1) is 5.41 Å². The Balaban J connectivity index is 1.55. The van der Waals surface area contributed by atoms with E-state index < -0.39 is 0 Å². The maximum Gasteiger partial charge on any atom is 0.291 e. The fourth-order valence-electron chi connectivity index (χ4n) is 3.09. The summed E-state index contributed by atoms with van der Waals surface area (Å²) in [4.78, 5) is 26.3. The smallest absolute Gasteiger partial charge is 0.291 e. The van der Waals surface area contributed by atoms with Gasteiger partial charge < -0.3 is 25.1 Å². The van der Waals surface area contributed by atoms with E-state index in [4.69, 9.17) is 14.9 Å². The molecule has 3 rings (SSSR count). The Morgan fingerprint density at radius 1 is 1.33 bits per heavy atom. The van der Waals surface area contributed by atoms with E-state index in [2.05, 4.69) is 19.2 Å². The number of benzene rings is 1. The van der Waals surface area contributed by atoms with Crippen LogP contribution in [0.5, 0.6) is 5.75 Å². The summed E-state index contributed by atoms with van der Waals surface area (Å²) >= 11 is 0. The predicted molar refractivity (Wildman–Crippen MR) is 102 cm³/mol. The lowest BCUT2D eigenvalue weighted by Gasteiger charge is -2.42. The van der Waals surface area contributed by atoms with Crippen LogP contribution >= 0.6 is 0 Å². The van der Waals surface area contributed by atoms with Crippen molar-refractivity contribution in [2.45, 2.75) is 26.3 Å². The van der Waals surface area contributed by atoms with Crippen molar-refractivity contribution in [2.24, 2.45) is 11.1 Å². The van der Waals surface area contributed by atoms with Gasteiger partial charge >= 0.3 is 0 Å². The number of ether oxygens (including phenoxy) is 1. The molecule has 0 radical (unpaired) electrons. The SMILES string of the molecule is CC1(C)CN(C(=O)COc2cccc(NC(=O)c3ccco3)c2)CCC1N. The van der Waals surface area contributed by atoms with E-state index >= 15 is 0 Å². The maximum absolute atomic E-state index is 12.5. The highest BCUT2D eigenvalue weighted by atomic mass is 16.5. The Bertz CT molecular complexity index is 801. The number of amides is 2. The van der Waals surface area contributed by atoms with Gasteiger partial charge in [-0.25, -0.2) is 0 Å². The van der Waals surface area contributed by atoms with Gasteiger partial charge in [0.05, 0.1) is 6.26 Å². The van der Waals surface area contributed by atoms with E-state index in [1.165, 1.54) is 6.26 Å². The summed E-state index contributed by atoms with van der Waals surface area (Å²) in [6.45, 7) is 5.36. The number of piperidine rings is 1. The average molecular weight is 371 g/mol. The Morgan fingerprint density at radius 3 is 2.85 bits per heavy atom. The topological polar surface area (TPSA) is 97.8 Å². The summed E-state index contributed by atoms with van der Waals surface area (Å²) < 4.78 is 10.7. The van der Waals surface area contributed by atoms with Gasteiger partial charge in [-0.15, -0.1) is 0 Å². The number of carbonyl (C=O) groups is 2. The van der Waals surface area contributed by atoms with Crippen molar-refractivity contribution in [1.82, 2.24) is 4.90 Å². The molecular formula is C20H25N3O4. The lowest BCUT2D eigenvalue weighted by molar-refractivity contribution is -0.136. The van der Waals surface area contributed by atoms with Crippen LogP contribution in [0.1, 0.15) is 30.8 Å². The first kappa shape index (κ1) is 19.0. The summed E-state index contributed by atoms with van der Waals surface area (Å²) in [5.41, 5.74) is 6.58. The molecule has 1 fully saturated rings. The highest BCUT2D eigenvalue weighted by Crippen LogP contribution is 2.27. The van der Waals surface area contributed by atoms with Crippen molar-refractivity contribution in [1.29, 1.82) is 0 Å². The molecule has 0 aliphatic carbocycles. The highest BCUT2D eigenvalue weighted by molar-refractivity contribution is 6.02. The van der Waals surface area contributed by atoms with Gasteiger partial charge in [0.15, 0.2) is 12.4 Å². The molecular weight excluding hydrogens is 346 g/mol. The zero-order chi connectivity index (χ0) is 19.4. The molecule has 1 saturated heterocycles. The Morgan fingerprint density at radius 2 is 2.15 bits per heavy atom. The molecule has 2 heterocycles. The highest BCUT2D eigenvalue weighted by Gasteiger charge is 2.35. The summed E-state index contributed by atoms with van der Waals surface area (Å²) in [5, 5.41) is 2.73. The minimum atomic E-state index is -0.347. The van der Waals surface area contributed by atoms with Crippen LogP contribution in [0.2, 0.25) is 0 Å². The third-order valence-corrected chi connectivity index (χ3v) is 4.86.